The molecule has 1 aliphatic heterocycles. The fraction of sp³-hybridized carbons (Fsp3) is 0.769. The quantitative estimate of drug-likeness (QED) is 0.625. The molecule has 0 aromatic carbocycles. The van der Waals surface area contributed by atoms with Crippen LogP contribution in [0.25, 0.3) is 0 Å². The predicted octanol–water partition coefficient (Wildman–Crippen LogP) is 1.57. The highest BCUT2D eigenvalue weighted by Crippen LogP contribution is 2.31. The van der Waals surface area contributed by atoms with Gasteiger partial charge in [0, 0.05) is 13.1 Å². The molecule has 1 aromatic heterocycles. The van der Waals surface area contributed by atoms with Gasteiger partial charge in [-0.1, -0.05) is 20.8 Å². The van der Waals surface area contributed by atoms with Crippen molar-refractivity contribution in [1.29, 1.82) is 0 Å². The molecule has 0 unspecified atom stereocenters. The van der Waals surface area contributed by atoms with Crippen molar-refractivity contribution < 1.29 is 4.74 Å². The van der Waals surface area contributed by atoms with Crippen LogP contribution in [0.4, 0.5) is 11.9 Å². The number of nitrogen functional groups attached to an aromatic ring is 1. The molecule has 7 heteroatoms. The van der Waals surface area contributed by atoms with Crippen molar-refractivity contribution in [1.82, 2.24) is 15.0 Å². The Labute approximate surface area is 119 Å². The van der Waals surface area contributed by atoms with Crippen LogP contribution in [0.15, 0.2) is 0 Å². The topological polar surface area (TPSA) is 89.2 Å². The fourth-order valence-corrected chi connectivity index (χ4v) is 2.12. The van der Waals surface area contributed by atoms with E-state index in [1.54, 1.807) is 0 Å². The van der Waals surface area contributed by atoms with Gasteiger partial charge in [-0.25, -0.2) is 5.84 Å². The summed E-state index contributed by atoms with van der Waals surface area (Å²) in [5.41, 5.74) is 2.86. The molecule has 0 spiro atoms. The zero-order chi connectivity index (χ0) is 14.6. The minimum Gasteiger partial charge on any atom is -0.463 e. The summed E-state index contributed by atoms with van der Waals surface area (Å²) >= 11 is 0. The average molecular weight is 280 g/mol. The van der Waals surface area contributed by atoms with Gasteiger partial charge in [-0.15, -0.1) is 0 Å². The maximum atomic E-state index is 5.49. The van der Waals surface area contributed by atoms with E-state index in [4.69, 9.17) is 10.6 Å². The van der Waals surface area contributed by atoms with Gasteiger partial charge in [0.05, 0.1) is 6.61 Å². The van der Waals surface area contributed by atoms with Crippen molar-refractivity contribution in [2.75, 3.05) is 30.0 Å². The van der Waals surface area contributed by atoms with E-state index >= 15 is 0 Å². The number of nitrogens with zero attached hydrogens (tertiary/aromatic N) is 4. The molecule has 0 saturated carbocycles. The van der Waals surface area contributed by atoms with Crippen LogP contribution in [-0.4, -0.2) is 34.6 Å². The minimum atomic E-state index is 0.328. The molecule has 1 fully saturated rings. The Morgan fingerprint density at radius 2 is 1.95 bits per heavy atom. The maximum Gasteiger partial charge on any atom is 0.323 e. The summed E-state index contributed by atoms with van der Waals surface area (Å²) in [6, 6.07) is 0.328. The van der Waals surface area contributed by atoms with Gasteiger partial charge in [-0.2, -0.15) is 15.0 Å². The third kappa shape index (κ3) is 3.69. The molecule has 0 amide bonds. The van der Waals surface area contributed by atoms with Crippen molar-refractivity contribution in [2.45, 2.75) is 40.0 Å². The third-order valence-electron chi connectivity index (χ3n) is 3.57. The third-order valence-corrected chi connectivity index (χ3v) is 3.57. The number of nitrogens with two attached hydrogens (primary N) is 1. The van der Waals surface area contributed by atoms with Crippen LogP contribution in [0.1, 0.15) is 40.0 Å². The lowest BCUT2D eigenvalue weighted by atomic mass is 9.83. The second-order valence-corrected chi connectivity index (χ2v) is 5.89. The van der Waals surface area contributed by atoms with E-state index in [1.165, 1.54) is 0 Å². The molecule has 7 nitrogen and oxygen atoms in total. The summed E-state index contributed by atoms with van der Waals surface area (Å²) < 4.78 is 5.49. The first-order valence-electron chi connectivity index (χ1n) is 7.14. The molecule has 0 atom stereocenters. The zero-order valence-corrected chi connectivity index (χ0v) is 12.5. The SMILES string of the molecule is CCCOc1nc(NN)nc(N2CCC(C)(C)CC2)n1. The van der Waals surface area contributed by atoms with Crippen molar-refractivity contribution in [3.63, 3.8) is 0 Å². The average Bonchev–Trinajstić information content (AvgIpc) is 2.44. The number of rotatable bonds is 5. The normalized spacial score (nSPS) is 17.9. The van der Waals surface area contributed by atoms with Crippen LogP contribution in [0.2, 0.25) is 0 Å². The van der Waals surface area contributed by atoms with Gasteiger partial charge >= 0.3 is 6.01 Å². The molecule has 20 heavy (non-hydrogen) atoms. The number of hydrogen-bond acceptors (Lipinski definition) is 7. The molecule has 2 heterocycles. The fourth-order valence-electron chi connectivity index (χ4n) is 2.12. The van der Waals surface area contributed by atoms with E-state index in [0.717, 1.165) is 32.4 Å². The largest absolute Gasteiger partial charge is 0.463 e. The molecule has 0 bridgehead atoms. The van der Waals surface area contributed by atoms with Gasteiger partial charge in [-0.3, -0.25) is 5.43 Å². The second-order valence-electron chi connectivity index (χ2n) is 5.89. The molecular weight excluding hydrogens is 256 g/mol. The van der Waals surface area contributed by atoms with E-state index in [-0.39, 0.29) is 0 Å². The maximum absolute atomic E-state index is 5.49. The highest BCUT2D eigenvalue weighted by atomic mass is 16.5. The first-order chi connectivity index (χ1) is 9.54. The molecule has 3 N–H and O–H groups in total. The Hall–Kier alpha value is -1.63. The Kier molecular flexibility index (Phi) is 4.59. The van der Waals surface area contributed by atoms with E-state index in [0.29, 0.717) is 29.9 Å². The molecule has 0 radical (unpaired) electrons. The standard InChI is InChI=1S/C13H24N6O/c1-4-9-20-12-16-10(18-14)15-11(17-12)19-7-5-13(2,3)6-8-19/h4-9,14H2,1-3H3,(H,15,16,17,18). The number of nitrogens with one attached hydrogen (secondary N) is 1. The summed E-state index contributed by atoms with van der Waals surface area (Å²) in [4.78, 5) is 15.0. The first-order valence-corrected chi connectivity index (χ1v) is 7.14. The highest BCUT2D eigenvalue weighted by Gasteiger charge is 2.27. The molecule has 1 aliphatic rings. The Balaban J connectivity index is 2.14. The number of hydrazine groups is 1. The van der Waals surface area contributed by atoms with Gasteiger partial charge in [0.25, 0.3) is 0 Å². The van der Waals surface area contributed by atoms with Crippen molar-refractivity contribution in [3.05, 3.63) is 0 Å². The van der Waals surface area contributed by atoms with Crippen molar-refractivity contribution in [3.8, 4) is 6.01 Å². The van der Waals surface area contributed by atoms with Crippen molar-refractivity contribution >= 4 is 11.9 Å². The lowest BCUT2D eigenvalue weighted by Gasteiger charge is -2.36. The lowest BCUT2D eigenvalue weighted by molar-refractivity contribution is 0.275. The van der Waals surface area contributed by atoms with E-state index in [9.17, 15) is 0 Å². The monoisotopic (exact) mass is 280 g/mol. The van der Waals surface area contributed by atoms with Gasteiger partial charge in [0.1, 0.15) is 0 Å². The summed E-state index contributed by atoms with van der Waals surface area (Å²) in [6.07, 6.45) is 3.15. The number of ether oxygens (including phenoxy) is 1. The first kappa shape index (κ1) is 14.8. The number of hydrogen-bond donors (Lipinski definition) is 2. The minimum absolute atomic E-state index is 0.328. The number of aromatic nitrogens is 3. The Bertz CT molecular complexity index is 440. The molecule has 2 rings (SSSR count). The number of anilines is 2. The van der Waals surface area contributed by atoms with Crippen LogP contribution in [-0.2, 0) is 0 Å². The zero-order valence-electron chi connectivity index (χ0n) is 12.5. The van der Waals surface area contributed by atoms with Crippen LogP contribution in [0.5, 0.6) is 6.01 Å². The molecule has 1 saturated heterocycles. The van der Waals surface area contributed by atoms with E-state index in [1.807, 2.05) is 6.92 Å². The molecule has 1 aromatic rings. The summed E-state index contributed by atoms with van der Waals surface area (Å²) in [5.74, 6) is 6.38. The summed E-state index contributed by atoms with van der Waals surface area (Å²) in [5, 5.41) is 0. The number of piperidine rings is 1. The molecule has 0 aliphatic carbocycles. The Morgan fingerprint density at radius 3 is 2.55 bits per heavy atom. The summed E-state index contributed by atoms with van der Waals surface area (Å²) in [6.45, 7) is 9.08. The summed E-state index contributed by atoms with van der Waals surface area (Å²) in [7, 11) is 0. The second kappa shape index (κ2) is 6.21. The molecule has 112 valence electrons. The highest BCUT2D eigenvalue weighted by molar-refractivity contribution is 5.38. The van der Waals surface area contributed by atoms with Gasteiger partial charge < -0.3 is 9.64 Å². The lowest BCUT2D eigenvalue weighted by Crippen LogP contribution is -2.38. The van der Waals surface area contributed by atoms with Crippen LogP contribution in [0.3, 0.4) is 0 Å². The van der Waals surface area contributed by atoms with E-state index < -0.39 is 0 Å². The van der Waals surface area contributed by atoms with E-state index in [2.05, 4.69) is 39.1 Å². The van der Waals surface area contributed by atoms with Gasteiger partial charge in [-0.05, 0) is 24.7 Å². The van der Waals surface area contributed by atoms with Crippen molar-refractivity contribution in [2.24, 2.45) is 11.3 Å². The van der Waals surface area contributed by atoms with Gasteiger partial charge in [0.2, 0.25) is 11.9 Å². The molecular formula is C13H24N6O. The van der Waals surface area contributed by atoms with Crippen LogP contribution >= 0.6 is 0 Å². The van der Waals surface area contributed by atoms with Gasteiger partial charge in [0.15, 0.2) is 0 Å². The Morgan fingerprint density at radius 1 is 1.25 bits per heavy atom. The predicted molar refractivity (Wildman–Crippen MR) is 78.7 cm³/mol. The van der Waals surface area contributed by atoms with Crippen LogP contribution in [0, 0.1) is 5.41 Å². The van der Waals surface area contributed by atoms with Crippen LogP contribution < -0.4 is 20.9 Å². The smallest absolute Gasteiger partial charge is 0.323 e.